The van der Waals surface area contributed by atoms with Crippen molar-refractivity contribution < 1.29 is 4.39 Å². The number of rotatable bonds is 0. The minimum absolute atomic E-state index is 0.0347. The third-order valence-electron chi connectivity index (χ3n) is 3.72. The summed E-state index contributed by atoms with van der Waals surface area (Å²) in [4.78, 5) is 0. The lowest BCUT2D eigenvalue weighted by Crippen LogP contribution is -2.24. The van der Waals surface area contributed by atoms with Crippen molar-refractivity contribution >= 4 is 5.57 Å². The minimum atomic E-state index is -0.0709. The van der Waals surface area contributed by atoms with Crippen LogP contribution in [0, 0.1) is 5.82 Å². The fourth-order valence-electron chi connectivity index (χ4n) is 2.84. The van der Waals surface area contributed by atoms with Gasteiger partial charge in [0.1, 0.15) is 5.82 Å². The molecule has 1 aromatic rings. The van der Waals surface area contributed by atoms with Crippen LogP contribution in [0.15, 0.2) is 12.3 Å². The van der Waals surface area contributed by atoms with E-state index >= 15 is 0 Å². The third-order valence-corrected chi connectivity index (χ3v) is 3.72. The topological polar surface area (TPSA) is 17.0 Å². The van der Waals surface area contributed by atoms with E-state index in [0.29, 0.717) is 0 Å². The highest BCUT2D eigenvalue weighted by Crippen LogP contribution is 2.41. The maximum Gasteiger partial charge on any atom is 0.145 e. The van der Waals surface area contributed by atoms with E-state index in [1.165, 1.54) is 5.57 Å². The van der Waals surface area contributed by atoms with Crippen LogP contribution in [0.2, 0.25) is 0 Å². The maximum absolute atomic E-state index is 14.0. The quantitative estimate of drug-likeness (QED) is 0.710. The van der Waals surface area contributed by atoms with E-state index in [0.717, 1.165) is 37.3 Å². The van der Waals surface area contributed by atoms with Gasteiger partial charge in [0, 0.05) is 31.4 Å². The second-order valence-corrected chi connectivity index (χ2v) is 5.39. The summed E-state index contributed by atoms with van der Waals surface area (Å²) in [6, 6.07) is 0. The first-order valence-corrected chi connectivity index (χ1v) is 5.89. The first kappa shape index (κ1) is 10.1. The molecule has 0 atom stereocenters. The van der Waals surface area contributed by atoms with Gasteiger partial charge in [-0.2, -0.15) is 0 Å². The average molecular weight is 220 g/mol. The molecule has 0 aromatic carbocycles. The van der Waals surface area contributed by atoms with Gasteiger partial charge in [0.2, 0.25) is 0 Å². The normalized spacial score (nSPS) is 22.3. The van der Waals surface area contributed by atoms with Gasteiger partial charge in [-0.15, -0.1) is 0 Å². The van der Waals surface area contributed by atoms with Gasteiger partial charge in [-0.05, 0) is 17.4 Å². The molecule has 0 saturated heterocycles. The molecule has 3 heteroatoms. The number of allylic oxidation sites excluding steroid dienone is 1. The summed E-state index contributed by atoms with van der Waals surface area (Å²) < 4.78 is 16.1. The molecule has 0 unspecified atom stereocenters. The number of hydrogen-bond donors (Lipinski definition) is 1. The summed E-state index contributed by atoms with van der Waals surface area (Å²) in [5.74, 6) is -0.0347. The fourth-order valence-corrected chi connectivity index (χ4v) is 2.84. The van der Waals surface area contributed by atoms with Crippen LogP contribution in [0.25, 0.3) is 5.57 Å². The van der Waals surface area contributed by atoms with Gasteiger partial charge in [-0.3, -0.25) is 0 Å². The molecule has 2 heterocycles. The van der Waals surface area contributed by atoms with E-state index in [9.17, 15) is 4.39 Å². The molecule has 16 heavy (non-hydrogen) atoms. The highest BCUT2D eigenvalue weighted by atomic mass is 19.1. The molecule has 0 fully saturated rings. The third kappa shape index (κ3) is 1.27. The lowest BCUT2D eigenvalue weighted by Gasteiger charge is -2.29. The standard InChI is InChI=1S/C13H17FN2/c1-13(2)4-3-9-7-15-5-6-16-8-10(14)11(13)12(9)16/h3,8,15H,4-7H2,1-2H3. The molecule has 0 spiro atoms. The first-order chi connectivity index (χ1) is 7.59. The predicted octanol–water partition coefficient (Wildman–Crippen LogP) is 2.30. The Morgan fingerprint density at radius 3 is 3.06 bits per heavy atom. The monoisotopic (exact) mass is 220 g/mol. The van der Waals surface area contributed by atoms with Crippen LogP contribution >= 0.6 is 0 Å². The zero-order valence-corrected chi connectivity index (χ0v) is 9.81. The van der Waals surface area contributed by atoms with E-state index in [4.69, 9.17) is 0 Å². The summed E-state index contributed by atoms with van der Waals surface area (Å²) >= 11 is 0. The van der Waals surface area contributed by atoms with Crippen LogP contribution in [-0.2, 0) is 12.0 Å². The summed E-state index contributed by atoms with van der Waals surface area (Å²) in [5.41, 5.74) is 3.22. The van der Waals surface area contributed by atoms with Crippen LogP contribution in [0.4, 0.5) is 4.39 Å². The van der Waals surface area contributed by atoms with E-state index < -0.39 is 0 Å². The maximum atomic E-state index is 14.0. The second kappa shape index (κ2) is 3.20. The number of nitrogens with one attached hydrogen (secondary N) is 1. The first-order valence-electron chi connectivity index (χ1n) is 5.89. The molecule has 1 aliphatic carbocycles. The van der Waals surface area contributed by atoms with Crippen molar-refractivity contribution in [3.63, 3.8) is 0 Å². The Balaban J connectivity index is 2.27. The van der Waals surface area contributed by atoms with Gasteiger partial charge in [-0.1, -0.05) is 19.9 Å². The van der Waals surface area contributed by atoms with Crippen molar-refractivity contribution in [2.24, 2.45) is 0 Å². The molecule has 2 aliphatic rings. The Kier molecular flexibility index (Phi) is 2.02. The van der Waals surface area contributed by atoms with Gasteiger partial charge in [0.25, 0.3) is 0 Å². The largest absolute Gasteiger partial charge is 0.343 e. The average Bonchev–Trinajstić information content (AvgIpc) is 2.42. The van der Waals surface area contributed by atoms with Crippen LogP contribution in [0.5, 0.6) is 0 Å². The minimum Gasteiger partial charge on any atom is -0.343 e. The van der Waals surface area contributed by atoms with Crippen molar-refractivity contribution in [1.29, 1.82) is 0 Å². The summed E-state index contributed by atoms with van der Waals surface area (Å²) in [6.45, 7) is 6.89. The smallest absolute Gasteiger partial charge is 0.145 e. The Labute approximate surface area is 95.1 Å². The second-order valence-electron chi connectivity index (χ2n) is 5.39. The summed E-state index contributed by atoms with van der Waals surface area (Å²) in [7, 11) is 0. The highest BCUT2D eigenvalue weighted by molar-refractivity contribution is 5.71. The lowest BCUT2D eigenvalue weighted by atomic mass is 9.76. The number of nitrogens with zero attached hydrogens (tertiary/aromatic N) is 1. The van der Waals surface area contributed by atoms with Crippen LogP contribution in [0.1, 0.15) is 31.5 Å². The fraction of sp³-hybridized carbons (Fsp3) is 0.538. The van der Waals surface area contributed by atoms with Gasteiger partial charge >= 0.3 is 0 Å². The molecule has 1 N–H and O–H groups in total. The van der Waals surface area contributed by atoms with Crippen molar-refractivity contribution in [3.05, 3.63) is 29.3 Å². The molecule has 1 aliphatic heterocycles. The molecule has 2 nitrogen and oxygen atoms in total. The zero-order valence-electron chi connectivity index (χ0n) is 9.81. The number of aromatic nitrogens is 1. The number of hydrogen-bond acceptors (Lipinski definition) is 1. The van der Waals surface area contributed by atoms with Gasteiger partial charge in [0.05, 0.1) is 5.69 Å². The molecule has 3 rings (SSSR count). The Bertz CT molecular complexity index is 469. The van der Waals surface area contributed by atoms with Crippen LogP contribution in [0.3, 0.4) is 0 Å². The molecule has 0 amide bonds. The zero-order chi connectivity index (χ0) is 11.3. The van der Waals surface area contributed by atoms with Gasteiger partial charge in [-0.25, -0.2) is 4.39 Å². The molecule has 86 valence electrons. The Morgan fingerprint density at radius 2 is 2.25 bits per heavy atom. The molecule has 0 saturated carbocycles. The van der Waals surface area contributed by atoms with Gasteiger partial charge in [0.15, 0.2) is 0 Å². The Hall–Kier alpha value is -1.09. The van der Waals surface area contributed by atoms with Crippen molar-refractivity contribution in [1.82, 2.24) is 9.88 Å². The molecule has 0 radical (unpaired) electrons. The molecule has 0 bridgehead atoms. The Morgan fingerprint density at radius 1 is 1.44 bits per heavy atom. The van der Waals surface area contributed by atoms with Crippen molar-refractivity contribution in [2.75, 3.05) is 13.1 Å². The van der Waals surface area contributed by atoms with Crippen LogP contribution in [-0.4, -0.2) is 17.7 Å². The highest BCUT2D eigenvalue weighted by Gasteiger charge is 2.34. The van der Waals surface area contributed by atoms with E-state index in [-0.39, 0.29) is 11.2 Å². The predicted molar refractivity (Wildman–Crippen MR) is 62.9 cm³/mol. The molecular formula is C13H17FN2. The van der Waals surface area contributed by atoms with E-state index in [1.807, 2.05) is 0 Å². The SMILES string of the molecule is CC1(C)CC=C2CNCCn3cc(F)c1c32. The van der Waals surface area contributed by atoms with Crippen LogP contribution < -0.4 is 5.32 Å². The van der Waals surface area contributed by atoms with Crippen molar-refractivity contribution in [2.45, 2.75) is 32.2 Å². The number of halogens is 1. The van der Waals surface area contributed by atoms with E-state index in [2.05, 4.69) is 29.8 Å². The lowest BCUT2D eigenvalue weighted by molar-refractivity contribution is 0.486. The van der Waals surface area contributed by atoms with Crippen molar-refractivity contribution in [3.8, 4) is 0 Å². The van der Waals surface area contributed by atoms with E-state index in [1.54, 1.807) is 6.20 Å². The van der Waals surface area contributed by atoms with Gasteiger partial charge < -0.3 is 9.88 Å². The molecule has 1 aromatic heterocycles. The summed E-state index contributed by atoms with van der Waals surface area (Å²) in [5, 5.41) is 3.38. The summed E-state index contributed by atoms with van der Waals surface area (Å²) in [6.07, 6.45) is 4.85. The molecular weight excluding hydrogens is 203 g/mol.